The van der Waals surface area contributed by atoms with Crippen molar-refractivity contribution in [2.75, 3.05) is 0 Å². The van der Waals surface area contributed by atoms with Crippen molar-refractivity contribution >= 4 is 12.4 Å². The van der Waals surface area contributed by atoms with Crippen LogP contribution in [0.5, 0.6) is 0 Å². The van der Waals surface area contributed by atoms with Gasteiger partial charge < -0.3 is 5.73 Å². The molecule has 0 amide bonds. The molecular weight excluding hydrogens is 158 g/mol. The second-order valence-corrected chi connectivity index (χ2v) is 3.94. The average molecular weight is 172 g/mol. The van der Waals surface area contributed by atoms with Gasteiger partial charge in [-0.05, 0) is 31.1 Å². The maximum atomic E-state index is 5.70. The molecule has 62 valence electrons. The zero-order valence-corrected chi connectivity index (χ0v) is 7.36. The van der Waals surface area contributed by atoms with E-state index < -0.39 is 0 Å². The third kappa shape index (κ3) is 1.26. The molecule has 2 rings (SSSR count). The molecule has 0 aromatic rings. The number of hydrogen-bond donors (Lipinski definition) is 1. The number of rotatable bonds is 0. The van der Waals surface area contributed by atoms with Gasteiger partial charge in [0.25, 0.3) is 0 Å². The molecule has 0 aromatic carbocycles. The maximum absolute atomic E-state index is 5.70. The lowest BCUT2D eigenvalue weighted by Gasteiger charge is -2.55. The summed E-state index contributed by atoms with van der Waals surface area (Å²) in [5.41, 5.74) is 6.32. The Kier molecular flexibility index (Phi) is 2.18. The molecule has 0 unspecified atom stereocenters. The first-order chi connectivity index (χ1) is 4.74. The summed E-state index contributed by atoms with van der Waals surface area (Å²) in [6, 6.07) is 0.485. The van der Waals surface area contributed by atoms with Crippen molar-refractivity contribution < 1.29 is 0 Å². The van der Waals surface area contributed by atoms with Crippen molar-refractivity contribution in [3.63, 3.8) is 0 Å². The zero-order chi connectivity index (χ0) is 7.19. The summed E-state index contributed by atoms with van der Waals surface area (Å²) in [7, 11) is 0. The van der Waals surface area contributed by atoms with Crippen LogP contribution in [0.1, 0.15) is 25.7 Å². The highest BCUT2D eigenvalue weighted by atomic mass is 35.5. The minimum Gasteiger partial charge on any atom is -0.328 e. The number of nitrogens with two attached hydrogens (primary N) is 1. The fraction of sp³-hybridized carbons (Fsp3) is 0.778. The Labute approximate surface area is 74.1 Å². The van der Waals surface area contributed by atoms with E-state index in [1.165, 1.54) is 25.7 Å². The summed E-state index contributed by atoms with van der Waals surface area (Å²) in [6.07, 6.45) is 10.2. The highest BCUT2D eigenvalue weighted by Crippen LogP contribution is 2.57. The molecular formula is C9H14ClN. The van der Waals surface area contributed by atoms with Crippen molar-refractivity contribution in [3.8, 4) is 12.3 Å². The molecule has 2 heteroatoms. The lowest BCUT2D eigenvalue weighted by atomic mass is 9.50. The summed E-state index contributed by atoms with van der Waals surface area (Å²) >= 11 is 0. The Morgan fingerprint density at radius 1 is 1.27 bits per heavy atom. The summed E-state index contributed by atoms with van der Waals surface area (Å²) in [4.78, 5) is 0. The smallest absolute Gasteiger partial charge is 0.0210 e. The monoisotopic (exact) mass is 171 g/mol. The molecule has 2 fully saturated rings. The molecule has 0 bridgehead atoms. The first-order valence-electron chi connectivity index (χ1n) is 3.96. The van der Waals surface area contributed by atoms with Gasteiger partial charge in [0.2, 0.25) is 0 Å². The van der Waals surface area contributed by atoms with Crippen LogP contribution in [0.25, 0.3) is 0 Å². The van der Waals surface area contributed by atoms with Crippen molar-refractivity contribution in [1.29, 1.82) is 0 Å². The normalized spacial score (nSPS) is 46.5. The third-order valence-electron chi connectivity index (χ3n) is 2.98. The molecule has 2 aliphatic carbocycles. The van der Waals surface area contributed by atoms with Crippen molar-refractivity contribution in [3.05, 3.63) is 0 Å². The van der Waals surface area contributed by atoms with Crippen LogP contribution in [-0.2, 0) is 0 Å². The minimum atomic E-state index is 0. The summed E-state index contributed by atoms with van der Waals surface area (Å²) in [6.45, 7) is 0. The quantitative estimate of drug-likeness (QED) is 0.550. The van der Waals surface area contributed by atoms with Gasteiger partial charge in [-0.1, -0.05) is 0 Å². The van der Waals surface area contributed by atoms with E-state index in [1.54, 1.807) is 0 Å². The largest absolute Gasteiger partial charge is 0.328 e. The van der Waals surface area contributed by atoms with Crippen LogP contribution in [-0.4, -0.2) is 6.04 Å². The molecule has 0 saturated heterocycles. The van der Waals surface area contributed by atoms with Crippen LogP contribution in [0.3, 0.4) is 0 Å². The van der Waals surface area contributed by atoms with Crippen molar-refractivity contribution in [1.82, 2.24) is 0 Å². The Balaban J connectivity index is 0.000000605. The number of hydrogen-bond acceptors (Lipinski definition) is 1. The summed E-state index contributed by atoms with van der Waals surface area (Å²) < 4.78 is 0. The van der Waals surface area contributed by atoms with Crippen LogP contribution in [0.2, 0.25) is 0 Å². The van der Waals surface area contributed by atoms with E-state index in [0.29, 0.717) is 17.4 Å². The Morgan fingerprint density at radius 3 is 2.18 bits per heavy atom. The molecule has 2 saturated carbocycles. The van der Waals surface area contributed by atoms with E-state index in [2.05, 4.69) is 5.92 Å². The molecule has 0 aromatic heterocycles. The molecule has 1 nitrogen and oxygen atoms in total. The van der Waals surface area contributed by atoms with E-state index in [0.717, 1.165) is 0 Å². The highest BCUT2D eigenvalue weighted by Gasteiger charge is 2.50. The van der Waals surface area contributed by atoms with E-state index >= 15 is 0 Å². The van der Waals surface area contributed by atoms with Gasteiger partial charge in [-0.15, -0.1) is 24.8 Å². The Hall–Kier alpha value is -0.190. The van der Waals surface area contributed by atoms with Crippen LogP contribution in [0, 0.1) is 23.7 Å². The number of halogens is 1. The Bertz CT molecular complexity index is 180. The second-order valence-electron chi connectivity index (χ2n) is 3.94. The molecule has 2 N–H and O–H groups in total. The molecule has 0 atom stereocenters. The molecule has 11 heavy (non-hydrogen) atoms. The van der Waals surface area contributed by atoms with Gasteiger partial charge in [0.1, 0.15) is 0 Å². The average Bonchev–Trinajstić information content (AvgIpc) is 1.74. The van der Waals surface area contributed by atoms with Gasteiger partial charge in [0, 0.05) is 12.0 Å². The van der Waals surface area contributed by atoms with Gasteiger partial charge in [0.15, 0.2) is 0 Å². The highest BCUT2D eigenvalue weighted by molar-refractivity contribution is 5.85. The minimum absolute atomic E-state index is 0. The zero-order valence-electron chi connectivity index (χ0n) is 6.55. The van der Waals surface area contributed by atoms with Crippen molar-refractivity contribution in [2.24, 2.45) is 17.1 Å². The lowest BCUT2D eigenvalue weighted by Crippen LogP contribution is -2.52. The SMILES string of the molecule is C#CC1CC2(CC(N)C2)C1.Cl. The topological polar surface area (TPSA) is 26.0 Å². The maximum Gasteiger partial charge on any atom is 0.0210 e. The number of terminal acetylenes is 1. The van der Waals surface area contributed by atoms with E-state index in [4.69, 9.17) is 12.2 Å². The molecule has 0 heterocycles. The van der Waals surface area contributed by atoms with Crippen LogP contribution in [0.4, 0.5) is 0 Å². The first kappa shape index (κ1) is 8.90. The molecule has 0 radical (unpaired) electrons. The summed E-state index contributed by atoms with van der Waals surface area (Å²) in [5, 5.41) is 0. The van der Waals surface area contributed by atoms with Gasteiger partial charge in [-0.2, -0.15) is 0 Å². The van der Waals surface area contributed by atoms with Crippen LogP contribution >= 0.6 is 12.4 Å². The van der Waals surface area contributed by atoms with E-state index in [9.17, 15) is 0 Å². The third-order valence-corrected chi connectivity index (χ3v) is 2.98. The molecule has 1 spiro atoms. The van der Waals surface area contributed by atoms with Gasteiger partial charge in [0.05, 0.1) is 0 Å². The van der Waals surface area contributed by atoms with Crippen LogP contribution in [0.15, 0.2) is 0 Å². The van der Waals surface area contributed by atoms with Crippen LogP contribution < -0.4 is 5.73 Å². The molecule has 2 aliphatic rings. The van der Waals surface area contributed by atoms with E-state index in [-0.39, 0.29) is 12.4 Å². The predicted octanol–water partition coefficient (Wildman–Crippen LogP) is 1.56. The van der Waals surface area contributed by atoms with Gasteiger partial charge >= 0.3 is 0 Å². The first-order valence-corrected chi connectivity index (χ1v) is 3.96. The van der Waals surface area contributed by atoms with Gasteiger partial charge in [-0.3, -0.25) is 0 Å². The second kappa shape index (κ2) is 2.69. The van der Waals surface area contributed by atoms with E-state index in [1.807, 2.05) is 0 Å². The van der Waals surface area contributed by atoms with Crippen molar-refractivity contribution in [2.45, 2.75) is 31.7 Å². The fourth-order valence-corrected chi connectivity index (χ4v) is 2.49. The standard InChI is InChI=1S/C9H13N.ClH/c1-2-7-3-9(4-7)5-8(10)6-9;/h1,7-8H,3-6,10H2;1H. The van der Waals surface area contributed by atoms with Gasteiger partial charge in [-0.25, -0.2) is 0 Å². The fourth-order valence-electron chi connectivity index (χ4n) is 2.49. The molecule has 0 aliphatic heterocycles. The Morgan fingerprint density at radius 2 is 1.82 bits per heavy atom. The lowest BCUT2D eigenvalue weighted by molar-refractivity contribution is -0.0168. The predicted molar refractivity (Wildman–Crippen MR) is 48.4 cm³/mol. The summed E-state index contributed by atoms with van der Waals surface area (Å²) in [5.74, 6) is 3.38.